The molecular weight excluding hydrogens is 234 g/mol. The van der Waals surface area contributed by atoms with Crippen LogP contribution < -0.4 is 5.32 Å². The van der Waals surface area contributed by atoms with E-state index in [2.05, 4.69) is 31.1 Å². The molecule has 17 heavy (non-hydrogen) atoms. The third-order valence-corrected chi connectivity index (χ3v) is 3.07. The van der Waals surface area contributed by atoms with Crippen LogP contribution >= 0.6 is 11.3 Å². The van der Waals surface area contributed by atoms with Gasteiger partial charge in [0, 0.05) is 29.5 Å². The zero-order chi connectivity index (χ0) is 12.5. The fourth-order valence-corrected chi connectivity index (χ4v) is 1.93. The lowest BCUT2D eigenvalue weighted by Gasteiger charge is -2.20. The summed E-state index contributed by atoms with van der Waals surface area (Å²) in [5.74, 6) is -0.122. The number of hydrogen-bond acceptors (Lipinski definition) is 3. The normalized spacial score (nSPS) is 11.5. The SMILES string of the molecule is CC(C)(C)n1ccc(C(=O)Nc2nccs2)c1. The lowest BCUT2D eigenvalue weighted by atomic mass is 10.1. The van der Waals surface area contributed by atoms with E-state index in [1.54, 1.807) is 6.20 Å². The van der Waals surface area contributed by atoms with E-state index >= 15 is 0 Å². The Morgan fingerprint density at radius 1 is 1.47 bits per heavy atom. The maximum Gasteiger partial charge on any atom is 0.258 e. The van der Waals surface area contributed by atoms with Gasteiger partial charge in [0.1, 0.15) is 0 Å². The first kappa shape index (κ1) is 11.9. The number of rotatable bonds is 2. The molecule has 2 rings (SSSR count). The van der Waals surface area contributed by atoms with Gasteiger partial charge in [-0.1, -0.05) is 0 Å². The standard InChI is InChI=1S/C12H15N3OS/c1-12(2,3)15-6-4-9(8-15)10(16)14-11-13-5-7-17-11/h4-8H,1-3H3,(H,13,14,16). The minimum absolute atomic E-state index is 0.0142. The molecule has 0 aromatic carbocycles. The molecule has 0 atom stereocenters. The number of amides is 1. The Hall–Kier alpha value is -1.62. The molecule has 0 bridgehead atoms. The van der Waals surface area contributed by atoms with Crippen LogP contribution in [0.3, 0.4) is 0 Å². The van der Waals surface area contributed by atoms with Crippen molar-refractivity contribution in [2.45, 2.75) is 26.3 Å². The van der Waals surface area contributed by atoms with Gasteiger partial charge in [0.05, 0.1) is 5.56 Å². The minimum Gasteiger partial charge on any atom is -0.348 e. The van der Waals surface area contributed by atoms with Crippen LogP contribution in [0.25, 0.3) is 0 Å². The molecule has 1 amide bonds. The summed E-state index contributed by atoms with van der Waals surface area (Å²) in [4.78, 5) is 15.9. The van der Waals surface area contributed by atoms with Gasteiger partial charge in [-0.2, -0.15) is 0 Å². The van der Waals surface area contributed by atoms with Crippen LogP contribution in [0.4, 0.5) is 5.13 Å². The number of nitrogens with one attached hydrogen (secondary N) is 1. The van der Waals surface area contributed by atoms with E-state index in [9.17, 15) is 4.79 Å². The Morgan fingerprint density at radius 3 is 2.76 bits per heavy atom. The maximum absolute atomic E-state index is 11.9. The van der Waals surface area contributed by atoms with Crippen molar-refractivity contribution in [3.8, 4) is 0 Å². The number of hydrogen-bond donors (Lipinski definition) is 1. The van der Waals surface area contributed by atoms with Crippen molar-refractivity contribution in [2.75, 3.05) is 5.32 Å². The highest BCUT2D eigenvalue weighted by molar-refractivity contribution is 7.13. The summed E-state index contributed by atoms with van der Waals surface area (Å²) in [7, 11) is 0. The predicted octanol–water partition coefficient (Wildman–Crippen LogP) is 2.95. The van der Waals surface area contributed by atoms with Crippen molar-refractivity contribution >= 4 is 22.4 Å². The zero-order valence-corrected chi connectivity index (χ0v) is 10.9. The highest BCUT2D eigenvalue weighted by atomic mass is 32.1. The second-order valence-electron chi connectivity index (χ2n) is 4.77. The van der Waals surface area contributed by atoms with Crippen LogP contribution in [0.2, 0.25) is 0 Å². The number of carbonyl (C=O) groups is 1. The smallest absolute Gasteiger partial charge is 0.258 e. The van der Waals surface area contributed by atoms with E-state index in [1.807, 2.05) is 28.4 Å². The van der Waals surface area contributed by atoms with E-state index < -0.39 is 0 Å². The van der Waals surface area contributed by atoms with Gasteiger partial charge in [0.25, 0.3) is 5.91 Å². The Balaban J connectivity index is 2.13. The molecule has 0 aliphatic rings. The second-order valence-corrected chi connectivity index (χ2v) is 5.66. The van der Waals surface area contributed by atoms with Crippen LogP contribution in [0.1, 0.15) is 31.1 Å². The number of carbonyl (C=O) groups excluding carboxylic acids is 1. The van der Waals surface area contributed by atoms with Crippen LogP contribution in [-0.2, 0) is 5.54 Å². The van der Waals surface area contributed by atoms with Crippen molar-refractivity contribution in [1.29, 1.82) is 0 Å². The monoisotopic (exact) mass is 249 g/mol. The summed E-state index contributed by atoms with van der Waals surface area (Å²) in [5.41, 5.74) is 0.634. The first-order valence-electron chi connectivity index (χ1n) is 5.36. The van der Waals surface area contributed by atoms with Crippen molar-refractivity contribution in [3.63, 3.8) is 0 Å². The van der Waals surface area contributed by atoms with Crippen LogP contribution in [0, 0.1) is 0 Å². The van der Waals surface area contributed by atoms with E-state index in [-0.39, 0.29) is 11.4 Å². The van der Waals surface area contributed by atoms with Gasteiger partial charge >= 0.3 is 0 Å². The van der Waals surface area contributed by atoms with Gasteiger partial charge in [-0.15, -0.1) is 11.3 Å². The topological polar surface area (TPSA) is 46.9 Å². The van der Waals surface area contributed by atoms with E-state index in [0.29, 0.717) is 10.7 Å². The van der Waals surface area contributed by atoms with Gasteiger partial charge in [-0.05, 0) is 26.8 Å². The molecule has 0 aliphatic heterocycles. The molecule has 4 nitrogen and oxygen atoms in total. The lowest BCUT2D eigenvalue weighted by molar-refractivity contribution is 0.102. The summed E-state index contributed by atoms with van der Waals surface area (Å²) >= 11 is 1.41. The third kappa shape index (κ3) is 2.74. The van der Waals surface area contributed by atoms with Gasteiger partial charge in [0.2, 0.25) is 0 Å². The quantitative estimate of drug-likeness (QED) is 0.889. The first-order chi connectivity index (χ1) is 7.97. The molecule has 1 N–H and O–H groups in total. The molecule has 0 saturated carbocycles. The summed E-state index contributed by atoms with van der Waals surface area (Å²) in [6.45, 7) is 6.28. The third-order valence-electron chi connectivity index (χ3n) is 2.38. The molecule has 0 saturated heterocycles. The van der Waals surface area contributed by atoms with Crippen LogP contribution in [0.5, 0.6) is 0 Å². The highest BCUT2D eigenvalue weighted by Crippen LogP contribution is 2.17. The number of aromatic nitrogens is 2. The molecule has 2 aromatic heterocycles. The van der Waals surface area contributed by atoms with Gasteiger partial charge in [-0.25, -0.2) is 4.98 Å². The van der Waals surface area contributed by atoms with Gasteiger partial charge in [-0.3, -0.25) is 10.1 Å². The summed E-state index contributed by atoms with van der Waals surface area (Å²) in [6.07, 6.45) is 5.43. The molecule has 0 unspecified atom stereocenters. The first-order valence-corrected chi connectivity index (χ1v) is 6.24. The summed E-state index contributed by atoms with van der Waals surface area (Å²) in [6, 6.07) is 1.81. The van der Waals surface area contributed by atoms with E-state index in [4.69, 9.17) is 0 Å². The molecule has 0 spiro atoms. The Kier molecular flexibility index (Phi) is 3.02. The maximum atomic E-state index is 11.9. The largest absolute Gasteiger partial charge is 0.348 e. The predicted molar refractivity (Wildman–Crippen MR) is 69.5 cm³/mol. The molecule has 2 heterocycles. The molecule has 2 aromatic rings. The average molecular weight is 249 g/mol. The fourth-order valence-electron chi connectivity index (χ4n) is 1.40. The fraction of sp³-hybridized carbons (Fsp3) is 0.333. The Morgan fingerprint density at radius 2 is 2.24 bits per heavy atom. The van der Waals surface area contributed by atoms with Crippen LogP contribution in [0.15, 0.2) is 30.0 Å². The molecule has 5 heteroatoms. The minimum atomic E-state index is -0.122. The zero-order valence-electron chi connectivity index (χ0n) is 10.1. The van der Waals surface area contributed by atoms with Crippen molar-refractivity contribution in [2.24, 2.45) is 0 Å². The summed E-state index contributed by atoms with van der Waals surface area (Å²) < 4.78 is 2.02. The van der Waals surface area contributed by atoms with Crippen molar-refractivity contribution in [1.82, 2.24) is 9.55 Å². The van der Waals surface area contributed by atoms with E-state index in [1.165, 1.54) is 11.3 Å². The van der Waals surface area contributed by atoms with Gasteiger partial charge < -0.3 is 4.57 Å². The highest BCUT2D eigenvalue weighted by Gasteiger charge is 2.15. The molecule has 0 radical (unpaired) electrons. The Labute approximate surface area is 104 Å². The molecule has 0 aliphatic carbocycles. The summed E-state index contributed by atoms with van der Waals surface area (Å²) in [5, 5.41) is 5.21. The van der Waals surface area contributed by atoms with Crippen molar-refractivity contribution < 1.29 is 4.79 Å². The molecular formula is C12H15N3OS. The second kappa shape index (κ2) is 4.33. The number of thiazole rings is 1. The number of nitrogens with zero attached hydrogens (tertiary/aromatic N) is 2. The Bertz CT molecular complexity index is 508. The van der Waals surface area contributed by atoms with E-state index in [0.717, 1.165) is 0 Å². The average Bonchev–Trinajstić information content (AvgIpc) is 2.85. The van der Waals surface area contributed by atoms with Crippen molar-refractivity contribution in [3.05, 3.63) is 35.6 Å². The molecule has 0 fully saturated rings. The van der Waals surface area contributed by atoms with Gasteiger partial charge in [0.15, 0.2) is 5.13 Å². The lowest BCUT2D eigenvalue weighted by Crippen LogP contribution is -2.20. The molecule has 90 valence electrons. The number of anilines is 1. The van der Waals surface area contributed by atoms with Crippen LogP contribution in [-0.4, -0.2) is 15.5 Å².